The Morgan fingerprint density at radius 3 is 2.32 bits per heavy atom. The molecule has 0 atom stereocenters. The van der Waals surface area contributed by atoms with E-state index in [0.717, 1.165) is 23.7 Å². The zero-order valence-electron chi connectivity index (χ0n) is 10.1. The van der Waals surface area contributed by atoms with Crippen LogP contribution in [0.2, 0.25) is 0 Å². The number of rotatable bonds is 1. The van der Waals surface area contributed by atoms with Crippen molar-refractivity contribution in [1.82, 2.24) is 9.78 Å². The maximum atomic E-state index is 13.0. The van der Waals surface area contributed by atoms with Crippen LogP contribution < -0.4 is 5.56 Å². The van der Waals surface area contributed by atoms with Gasteiger partial charge in [0.2, 0.25) is 0 Å². The zero-order chi connectivity index (χ0) is 14.4. The molecular formula is C12H10F4N2O. The minimum atomic E-state index is -4.64. The van der Waals surface area contributed by atoms with Gasteiger partial charge in [-0.05, 0) is 37.6 Å². The van der Waals surface area contributed by atoms with E-state index >= 15 is 0 Å². The molecule has 2 rings (SSSR count). The van der Waals surface area contributed by atoms with Crippen LogP contribution in [0.25, 0.3) is 5.69 Å². The molecule has 1 N–H and O–H groups in total. The third kappa shape index (κ3) is 2.27. The molecule has 0 amide bonds. The highest BCUT2D eigenvalue weighted by Gasteiger charge is 2.36. The first kappa shape index (κ1) is 13.4. The second kappa shape index (κ2) is 4.25. The normalized spacial score (nSPS) is 11.9. The Kier molecular flexibility index (Phi) is 3.00. The van der Waals surface area contributed by atoms with Crippen molar-refractivity contribution in [2.24, 2.45) is 0 Å². The molecule has 1 heterocycles. The van der Waals surface area contributed by atoms with E-state index in [1.165, 1.54) is 13.0 Å². The predicted molar refractivity (Wildman–Crippen MR) is 60.8 cm³/mol. The van der Waals surface area contributed by atoms with Gasteiger partial charge in [-0.3, -0.25) is 9.89 Å². The molecule has 1 aromatic heterocycles. The van der Waals surface area contributed by atoms with Crippen LogP contribution in [0.5, 0.6) is 0 Å². The minimum absolute atomic E-state index is 0.185. The SMILES string of the molecule is Cc1cc(F)ccc1-n1[nH]c(C(F)(F)F)c(C)c1=O. The van der Waals surface area contributed by atoms with Gasteiger partial charge < -0.3 is 0 Å². The average molecular weight is 274 g/mol. The number of H-pyrrole nitrogens is 1. The summed E-state index contributed by atoms with van der Waals surface area (Å²) in [5, 5.41) is 2.02. The monoisotopic (exact) mass is 274 g/mol. The Hall–Kier alpha value is -2.05. The molecule has 0 aliphatic rings. The molecule has 0 bridgehead atoms. The molecule has 102 valence electrons. The van der Waals surface area contributed by atoms with Gasteiger partial charge in [-0.1, -0.05) is 0 Å². The lowest BCUT2D eigenvalue weighted by Gasteiger charge is -2.07. The standard InChI is InChI=1S/C12H10F4N2O/c1-6-5-8(13)3-4-9(6)18-11(19)7(2)10(17-18)12(14,15)16/h3-5,17H,1-2H3. The highest BCUT2D eigenvalue weighted by Crippen LogP contribution is 2.29. The summed E-state index contributed by atoms with van der Waals surface area (Å²) in [4.78, 5) is 11.8. The Labute approximate surface area is 105 Å². The lowest BCUT2D eigenvalue weighted by Crippen LogP contribution is -2.16. The van der Waals surface area contributed by atoms with Crippen LogP contribution in [0.15, 0.2) is 23.0 Å². The van der Waals surface area contributed by atoms with Gasteiger partial charge in [-0.25, -0.2) is 9.07 Å². The number of hydrogen-bond acceptors (Lipinski definition) is 1. The highest BCUT2D eigenvalue weighted by molar-refractivity contribution is 5.41. The van der Waals surface area contributed by atoms with E-state index in [1.54, 1.807) is 0 Å². The summed E-state index contributed by atoms with van der Waals surface area (Å²) in [6, 6.07) is 3.48. The first-order chi connectivity index (χ1) is 8.71. The first-order valence-corrected chi connectivity index (χ1v) is 5.37. The van der Waals surface area contributed by atoms with Crippen LogP contribution in [0.3, 0.4) is 0 Å². The Balaban J connectivity index is 2.68. The van der Waals surface area contributed by atoms with Crippen LogP contribution in [0.4, 0.5) is 17.6 Å². The Morgan fingerprint density at radius 2 is 1.84 bits per heavy atom. The third-order valence-corrected chi connectivity index (χ3v) is 2.81. The summed E-state index contributed by atoms with van der Waals surface area (Å²) >= 11 is 0. The molecule has 0 aliphatic heterocycles. The fourth-order valence-corrected chi connectivity index (χ4v) is 1.84. The molecule has 0 saturated heterocycles. The lowest BCUT2D eigenvalue weighted by atomic mass is 10.2. The summed E-state index contributed by atoms with van der Waals surface area (Å²) in [5.74, 6) is -0.520. The maximum Gasteiger partial charge on any atom is 0.433 e. The van der Waals surface area contributed by atoms with Crippen molar-refractivity contribution in [2.75, 3.05) is 0 Å². The van der Waals surface area contributed by atoms with E-state index in [2.05, 4.69) is 0 Å². The number of benzene rings is 1. The van der Waals surface area contributed by atoms with Gasteiger partial charge in [-0.15, -0.1) is 0 Å². The van der Waals surface area contributed by atoms with Crippen LogP contribution in [-0.2, 0) is 6.18 Å². The van der Waals surface area contributed by atoms with Crippen molar-refractivity contribution < 1.29 is 17.6 Å². The number of aryl methyl sites for hydroxylation is 1. The summed E-state index contributed by atoms with van der Waals surface area (Å²) < 4.78 is 51.8. The molecular weight excluding hydrogens is 264 g/mol. The van der Waals surface area contributed by atoms with E-state index < -0.39 is 28.8 Å². The summed E-state index contributed by atoms with van der Waals surface area (Å²) in [5.41, 5.74) is -1.78. The van der Waals surface area contributed by atoms with Crippen molar-refractivity contribution in [3.8, 4) is 5.69 Å². The second-order valence-corrected chi connectivity index (χ2v) is 4.18. The van der Waals surface area contributed by atoms with Crippen molar-refractivity contribution in [2.45, 2.75) is 20.0 Å². The zero-order valence-corrected chi connectivity index (χ0v) is 10.1. The second-order valence-electron chi connectivity index (χ2n) is 4.18. The molecule has 19 heavy (non-hydrogen) atoms. The van der Waals surface area contributed by atoms with Gasteiger partial charge in [0.15, 0.2) is 0 Å². The molecule has 7 heteroatoms. The van der Waals surface area contributed by atoms with Gasteiger partial charge in [-0.2, -0.15) is 13.2 Å². The number of aromatic nitrogens is 2. The molecule has 0 fully saturated rings. The number of nitrogens with zero attached hydrogens (tertiary/aromatic N) is 1. The van der Waals surface area contributed by atoms with Crippen molar-refractivity contribution >= 4 is 0 Å². The van der Waals surface area contributed by atoms with Crippen molar-refractivity contribution in [1.29, 1.82) is 0 Å². The third-order valence-electron chi connectivity index (χ3n) is 2.81. The smallest absolute Gasteiger partial charge is 0.286 e. The van der Waals surface area contributed by atoms with Gasteiger partial charge in [0.05, 0.1) is 5.69 Å². The molecule has 0 unspecified atom stereocenters. The topological polar surface area (TPSA) is 37.8 Å². The highest BCUT2D eigenvalue weighted by atomic mass is 19.4. The average Bonchev–Trinajstić information content (AvgIpc) is 2.56. The fourth-order valence-electron chi connectivity index (χ4n) is 1.84. The van der Waals surface area contributed by atoms with Gasteiger partial charge >= 0.3 is 6.18 Å². The lowest BCUT2D eigenvalue weighted by molar-refractivity contribution is -0.141. The Bertz CT molecular complexity index is 682. The van der Waals surface area contributed by atoms with Crippen molar-refractivity contribution in [3.63, 3.8) is 0 Å². The van der Waals surface area contributed by atoms with E-state index in [-0.39, 0.29) is 5.69 Å². The summed E-state index contributed by atoms with van der Waals surface area (Å²) in [6.45, 7) is 2.60. The van der Waals surface area contributed by atoms with Gasteiger partial charge in [0, 0.05) is 5.56 Å². The molecule has 0 radical (unpaired) electrons. The summed E-state index contributed by atoms with van der Waals surface area (Å²) in [7, 11) is 0. The van der Waals surface area contributed by atoms with E-state index in [4.69, 9.17) is 0 Å². The van der Waals surface area contributed by atoms with Gasteiger partial charge in [0.25, 0.3) is 5.56 Å². The molecule has 3 nitrogen and oxygen atoms in total. The molecule has 1 aromatic carbocycles. The van der Waals surface area contributed by atoms with Crippen LogP contribution >= 0.6 is 0 Å². The van der Waals surface area contributed by atoms with Crippen LogP contribution in [0, 0.1) is 19.7 Å². The largest absolute Gasteiger partial charge is 0.433 e. The van der Waals surface area contributed by atoms with Crippen molar-refractivity contribution in [3.05, 3.63) is 51.2 Å². The van der Waals surface area contributed by atoms with E-state index in [9.17, 15) is 22.4 Å². The van der Waals surface area contributed by atoms with Gasteiger partial charge in [0.1, 0.15) is 11.5 Å². The predicted octanol–water partition coefficient (Wildman–Crippen LogP) is 2.94. The van der Waals surface area contributed by atoms with Crippen LogP contribution in [-0.4, -0.2) is 9.78 Å². The van der Waals surface area contributed by atoms with Crippen LogP contribution in [0.1, 0.15) is 16.8 Å². The number of halogens is 4. The van der Waals surface area contributed by atoms with E-state index in [1.807, 2.05) is 5.10 Å². The number of alkyl halides is 3. The maximum absolute atomic E-state index is 13.0. The molecule has 0 spiro atoms. The molecule has 2 aromatic rings. The number of nitrogens with one attached hydrogen (secondary N) is 1. The molecule has 0 saturated carbocycles. The molecule has 0 aliphatic carbocycles. The minimum Gasteiger partial charge on any atom is -0.286 e. The van der Waals surface area contributed by atoms with E-state index in [0.29, 0.717) is 5.56 Å². The summed E-state index contributed by atoms with van der Waals surface area (Å²) in [6.07, 6.45) is -4.64. The quantitative estimate of drug-likeness (QED) is 0.798. The fraction of sp³-hybridized carbons (Fsp3) is 0.250. The Morgan fingerprint density at radius 1 is 1.21 bits per heavy atom. The number of hydrogen-bond donors (Lipinski definition) is 1. The first-order valence-electron chi connectivity index (χ1n) is 5.37. The number of aromatic amines is 1.